The Hall–Kier alpha value is -2.86. The highest BCUT2D eigenvalue weighted by Gasteiger charge is 2.20. The fourth-order valence-electron chi connectivity index (χ4n) is 3.33. The number of aromatic nitrogens is 2. The van der Waals surface area contributed by atoms with Gasteiger partial charge in [0.1, 0.15) is 23.4 Å². The molecule has 28 heavy (non-hydrogen) atoms. The van der Waals surface area contributed by atoms with Crippen LogP contribution < -0.4 is 4.74 Å². The summed E-state index contributed by atoms with van der Waals surface area (Å²) in [6, 6.07) is 12.2. The van der Waals surface area contributed by atoms with E-state index in [0.29, 0.717) is 17.3 Å². The lowest BCUT2D eigenvalue weighted by Crippen LogP contribution is -2.35. The van der Waals surface area contributed by atoms with Crippen molar-refractivity contribution in [2.45, 2.75) is 18.9 Å². The molecule has 6 heteroatoms. The number of benzene rings is 2. The van der Waals surface area contributed by atoms with Crippen molar-refractivity contribution in [1.82, 2.24) is 14.9 Å². The molecule has 4 rings (SSSR count). The lowest BCUT2D eigenvalue weighted by molar-refractivity contribution is 0.109. The maximum Gasteiger partial charge on any atom is 0.233 e. The molecule has 0 aliphatic carbocycles. The molecule has 2 aromatic carbocycles. The maximum atomic E-state index is 13.4. The zero-order valence-electron chi connectivity index (χ0n) is 15.6. The second-order valence-electron chi connectivity index (χ2n) is 7.04. The van der Waals surface area contributed by atoms with Gasteiger partial charge in [-0.3, -0.25) is 0 Å². The van der Waals surface area contributed by atoms with Gasteiger partial charge in [-0.05, 0) is 68.4 Å². The summed E-state index contributed by atoms with van der Waals surface area (Å²) >= 11 is 0. The summed E-state index contributed by atoms with van der Waals surface area (Å²) in [6.07, 6.45) is 3.57. The van der Waals surface area contributed by atoms with E-state index < -0.39 is 0 Å². The molecule has 0 unspecified atom stereocenters. The van der Waals surface area contributed by atoms with Crippen LogP contribution in [0.1, 0.15) is 12.8 Å². The minimum atomic E-state index is -0.321. The fourth-order valence-corrected chi connectivity index (χ4v) is 3.33. The van der Waals surface area contributed by atoms with Gasteiger partial charge in [0.05, 0.1) is 11.9 Å². The maximum absolute atomic E-state index is 13.4. The van der Waals surface area contributed by atoms with Gasteiger partial charge in [-0.1, -0.05) is 0 Å². The van der Waals surface area contributed by atoms with Gasteiger partial charge in [-0.2, -0.15) is 0 Å². The number of rotatable bonds is 4. The van der Waals surface area contributed by atoms with Crippen molar-refractivity contribution in [2.75, 3.05) is 20.1 Å². The molecule has 0 radical (unpaired) electrons. The lowest BCUT2D eigenvalue weighted by atomic mass is 10.0. The van der Waals surface area contributed by atoms with Crippen LogP contribution >= 0.6 is 0 Å². The van der Waals surface area contributed by atoms with E-state index in [1.807, 2.05) is 0 Å². The molecular weight excluding hydrogens is 360 g/mol. The highest BCUT2D eigenvalue weighted by Crippen LogP contribution is 2.31. The smallest absolute Gasteiger partial charge is 0.233 e. The molecule has 0 atom stereocenters. The molecule has 0 N–H and O–H groups in total. The average Bonchev–Trinajstić information content (AvgIpc) is 2.71. The molecule has 0 bridgehead atoms. The number of piperidine rings is 1. The van der Waals surface area contributed by atoms with Crippen LogP contribution in [0, 0.1) is 11.6 Å². The van der Waals surface area contributed by atoms with Crippen LogP contribution in [0.4, 0.5) is 8.78 Å². The first-order valence-corrected chi connectivity index (χ1v) is 9.32. The Morgan fingerprint density at radius 3 is 1.96 bits per heavy atom. The average molecular weight is 381 g/mol. The van der Waals surface area contributed by atoms with Gasteiger partial charge < -0.3 is 9.64 Å². The minimum Gasteiger partial charge on any atom is -0.473 e. The van der Waals surface area contributed by atoms with Crippen LogP contribution in [0.5, 0.6) is 5.88 Å². The van der Waals surface area contributed by atoms with Crippen molar-refractivity contribution in [3.05, 3.63) is 66.4 Å². The Morgan fingerprint density at radius 2 is 1.39 bits per heavy atom. The molecular formula is C22H21F2N3O. The molecule has 1 fully saturated rings. The standard InChI is InChI=1S/C22H21F2N3O/c1-27-12-10-19(11-13-27)28-20-14-25-21(15-2-6-17(23)7-3-15)22(26-20)16-4-8-18(24)9-5-16/h2-9,14,19H,10-13H2,1H3. The first-order chi connectivity index (χ1) is 13.6. The summed E-state index contributed by atoms with van der Waals surface area (Å²) in [4.78, 5) is 11.5. The van der Waals surface area contributed by atoms with Crippen molar-refractivity contribution >= 4 is 0 Å². The SMILES string of the molecule is CN1CCC(Oc2cnc(-c3ccc(F)cc3)c(-c3ccc(F)cc3)n2)CC1. The van der Waals surface area contributed by atoms with E-state index in [1.54, 1.807) is 30.5 Å². The topological polar surface area (TPSA) is 38.2 Å². The van der Waals surface area contributed by atoms with E-state index in [0.717, 1.165) is 37.1 Å². The van der Waals surface area contributed by atoms with Gasteiger partial charge >= 0.3 is 0 Å². The predicted molar refractivity (Wildman–Crippen MR) is 104 cm³/mol. The minimum absolute atomic E-state index is 0.100. The Balaban J connectivity index is 1.70. The lowest BCUT2D eigenvalue weighted by Gasteiger charge is -2.29. The van der Waals surface area contributed by atoms with Crippen LogP contribution in [0.2, 0.25) is 0 Å². The molecule has 1 aromatic heterocycles. The van der Waals surface area contributed by atoms with Crippen LogP contribution in [-0.4, -0.2) is 41.1 Å². The second kappa shape index (κ2) is 8.02. The van der Waals surface area contributed by atoms with Gasteiger partial charge in [-0.25, -0.2) is 18.7 Å². The first-order valence-electron chi connectivity index (χ1n) is 9.32. The van der Waals surface area contributed by atoms with Crippen molar-refractivity contribution in [3.8, 4) is 28.4 Å². The Bertz CT molecular complexity index is 937. The molecule has 1 aliphatic rings. The van der Waals surface area contributed by atoms with Crippen molar-refractivity contribution in [2.24, 2.45) is 0 Å². The van der Waals surface area contributed by atoms with Gasteiger partial charge in [0.2, 0.25) is 5.88 Å². The Morgan fingerprint density at radius 1 is 0.857 bits per heavy atom. The van der Waals surface area contributed by atoms with Gasteiger partial charge in [0, 0.05) is 24.2 Å². The zero-order chi connectivity index (χ0) is 19.5. The van der Waals surface area contributed by atoms with E-state index in [1.165, 1.54) is 24.3 Å². The van der Waals surface area contributed by atoms with E-state index in [2.05, 4.69) is 21.9 Å². The first kappa shape index (κ1) is 18.5. The van der Waals surface area contributed by atoms with Crippen LogP contribution in [0.25, 0.3) is 22.5 Å². The molecule has 3 aromatic rings. The van der Waals surface area contributed by atoms with Crippen LogP contribution in [0.15, 0.2) is 54.7 Å². The van der Waals surface area contributed by atoms with E-state index in [-0.39, 0.29) is 17.7 Å². The third-order valence-corrected chi connectivity index (χ3v) is 4.94. The second-order valence-corrected chi connectivity index (χ2v) is 7.04. The number of likely N-dealkylation sites (tertiary alicyclic amines) is 1. The fraction of sp³-hybridized carbons (Fsp3) is 0.273. The quantitative estimate of drug-likeness (QED) is 0.664. The van der Waals surface area contributed by atoms with Gasteiger partial charge in [0.25, 0.3) is 0 Å². The van der Waals surface area contributed by atoms with Gasteiger partial charge in [0.15, 0.2) is 0 Å². The highest BCUT2D eigenvalue weighted by atomic mass is 19.1. The van der Waals surface area contributed by atoms with E-state index in [4.69, 9.17) is 4.74 Å². The third-order valence-electron chi connectivity index (χ3n) is 4.94. The summed E-state index contributed by atoms with van der Waals surface area (Å²) in [5, 5.41) is 0. The summed E-state index contributed by atoms with van der Waals surface area (Å²) < 4.78 is 32.8. The van der Waals surface area contributed by atoms with E-state index in [9.17, 15) is 8.78 Å². The predicted octanol–water partition coefficient (Wildman–Crippen LogP) is 4.56. The zero-order valence-corrected chi connectivity index (χ0v) is 15.6. The summed E-state index contributed by atoms with van der Waals surface area (Å²) in [7, 11) is 2.10. The molecule has 1 saturated heterocycles. The molecule has 144 valence electrons. The largest absolute Gasteiger partial charge is 0.473 e. The van der Waals surface area contributed by atoms with Crippen molar-refractivity contribution in [3.63, 3.8) is 0 Å². The molecule has 2 heterocycles. The normalized spacial score (nSPS) is 15.5. The van der Waals surface area contributed by atoms with Gasteiger partial charge in [-0.15, -0.1) is 0 Å². The highest BCUT2D eigenvalue weighted by molar-refractivity contribution is 5.78. The molecule has 4 nitrogen and oxygen atoms in total. The number of hydrogen-bond donors (Lipinski definition) is 0. The monoisotopic (exact) mass is 381 g/mol. The Labute approximate surface area is 162 Å². The van der Waals surface area contributed by atoms with Crippen LogP contribution in [0.3, 0.4) is 0 Å². The van der Waals surface area contributed by atoms with Crippen molar-refractivity contribution < 1.29 is 13.5 Å². The number of halogens is 2. The molecule has 1 aliphatic heterocycles. The van der Waals surface area contributed by atoms with E-state index >= 15 is 0 Å². The summed E-state index contributed by atoms with van der Waals surface area (Å²) in [5.41, 5.74) is 2.64. The third kappa shape index (κ3) is 4.17. The van der Waals surface area contributed by atoms with Crippen LogP contribution in [-0.2, 0) is 0 Å². The summed E-state index contributed by atoms with van der Waals surface area (Å²) in [5.74, 6) is -0.194. The van der Waals surface area contributed by atoms with Crippen molar-refractivity contribution in [1.29, 1.82) is 0 Å². The summed E-state index contributed by atoms with van der Waals surface area (Å²) in [6.45, 7) is 1.97. The molecule has 0 saturated carbocycles. The molecule has 0 amide bonds. The number of hydrogen-bond acceptors (Lipinski definition) is 4. The molecule has 0 spiro atoms. The number of nitrogens with zero attached hydrogens (tertiary/aromatic N) is 3. The number of ether oxygens (including phenoxy) is 1. The Kier molecular flexibility index (Phi) is 5.30.